The van der Waals surface area contributed by atoms with Gasteiger partial charge in [-0.25, -0.2) is 9.59 Å². The first-order valence-electron chi connectivity index (χ1n) is 9.70. The van der Waals surface area contributed by atoms with Crippen molar-refractivity contribution in [2.75, 3.05) is 20.3 Å². The van der Waals surface area contributed by atoms with Gasteiger partial charge in [-0.3, -0.25) is 4.90 Å². The summed E-state index contributed by atoms with van der Waals surface area (Å²) in [7, 11) is 1.38. The van der Waals surface area contributed by atoms with Crippen molar-refractivity contribution in [2.24, 2.45) is 0 Å². The Balaban J connectivity index is 1.80. The fourth-order valence-electron chi connectivity index (χ4n) is 2.61. The molecule has 1 atom stereocenters. The number of ether oxygens (including phenoxy) is 3. The zero-order chi connectivity index (χ0) is 22.0. The van der Waals surface area contributed by atoms with Crippen LogP contribution < -0.4 is 0 Å². The van der Waals surface area contributed by atoms with Crippen LogP contribution in [-0.4, -0.2) is 54.0 Å². The molecule has 1 N–H and O–H groups in total. The molecule has 2 aromatic rings. The van der Waals surface area contributed by atoms with E-state index in [0.29, 0.717) is 6.61 Å². The number of likely N-dealkylation sites (N-methyl/N-ethyl adjacent to an activating group) is 1. The fraction of sp³-hybridized carbons (Fsp3) is 0.391. The maximum Gasteiger partial charge on any atom is 0.410 e. The van der Waals surface area contributed by atoms with Gasteiger partial charge in [0, 0.05) is 7.05 Å². The van der Waals surface area contributed by atoms with E-state index in [-0.39, 0.29) is 19.8 Å². The summed E-state index contributed by atoms with van der Waals surface area (Å²) in [4.78, 5) is 24.9. The van der Waals surface area contributed by atoms with Crippen LogP contribution in [0.25, 0.3) is 0 Å². The van der Waals surface area contributed by atoms with E-state index >= 15 is 0 Å². The van der Waals surface area contributed by atoms with E-state index in [1.54, 1.807) is 0 Å². The van der Waals surface area contributed by atoms with Crippen molar-refractivity contribution in [3.05, 3.63) is 71.8 Å². The number of carbonyl (C=O) groups excluding carboxylic acids is 1. The van der Waals surface area contributed by atoms with Gasteiger partial charge in [-0.1, -0.05) is 60.7 Å². The number of hydrogen-bond acceptors (Lipinski definition) is 5. The molecule has 7 heteroatoms. The number of nitrogens with zero attached hydrogens (tertiary/aromatic N) is 1. The molecule has 0 heterocycles. The Labute approximate surface area is 177 Å². The molecule has 7 nitrogen and oxygen atoms in total. The molecule has 0 aliphatic rings. The lowest BCUT2D eigenvalue weighted by Gasteiger charge is -2.28. The first-order valence-corrected chi connectivity index (χ1v) is 9.70. The molecule has 162 valence electrons. The van der Waals surface area contributed by atoms with Crippen LogP contribution in [0.15, 0.2) is 60.7 Å². The van der Waals surface area contributed by atoms with E-state index in [2.05, 4.69) is 0 Å². The zero-order valence-corrected chi connectivity index (χ0v) is 17.6. The van der Waals surface area contributed by atoms with E-state index in [1.165, 1.54) is 7.05 Å². The van der Waals surface area contributed by atoms with Gasteiger partial charge in [0.05, 0.1) is 25.4 Å². The summed E-state index contributed by atoms with van der Waals surface area (Å²) in [6.07, 6.45) is -0.727. The second kappa shape index (κ2) is 11.3. The van der Waals surface area contributed by atoms with Gasteiger partial charge in [0.2, 0.25) is 0 Å². The minimum atomic E-state index is -1.17. The molecular formula is C23H29NO6. The lowest BCUT2D eigenvalue weighted by molar-refractivity contribution is -0.146. The first-order chi connectivity index (χ1) is 14.3. The topological polar surface area (TPSA) is 85.3 Å². The third-order valence-electron chi connectivity index (χ3n) is 4.44. The molecule has 0 saturated heterocycles. The summed E-state index contributed by atoms with van der Waals surface area (Å²) in [5.74, 6) is -1.17. The number of amides is 1. The Bertz CT molecular complexity index is 794. The molecule has 2 aromatic carbocycles. The molecule has 0 bridgehead atoms. The molecule has 0 saturated carbocycles. The largest absolute Gasteiger partial charge is 0.480 e. The van der Waals surface area contributed by atoms with Crippen LogP contribution in [0.2, 0.25) is 0 Å². The van der Waals surface area contributed by atoms with Gasteiger partial charge in [-0.2, -0.15) is 0 Å². The van der Waals surface area contributed by atoms with Crippen molar-refractivity contribution in [3.8, 4) is 0 Å². The molecule has 30 heavy (non-hydrogen) atoms. The predicted molar refractivity (Wildman–Crippen MR) is 112 cm³/mol. The summed E-state index contributed by atoms with van der Waals surface area (Å²) >= 11 is 0. The third-order valence-corrected chi connectivity index (χ3v) is 4.44. The van der Waals surface area contributed by atoms with E-state index < -0.39 is 23.7 Å². The van der Waals surface area contributed by atoms with Crippen molar-refractivity contribution in [1.29, 1.82) is 0 Å². The number of hydrogen-bond donors (Lipinski definition) is 1. The highest BCUT2D eigenvalue weighted by Crippen LogP contribution is 2.14. The lowest BCUT2D eigenvalue weighted by atomic mass is 10.1. The predicted octanol–water partition coefficient (Wildman–Crippen LogP) is 3.72. The molecule has 0 fully saturated rings. The molecule has 1 unspecified atom stereocenters. The second-order valence-electron chi connectivity index (χ2n) is 7.55. The van der Waals surface area contributed by atoms with Crippen LogP contribution in [0.5, 0.6) is 0 Å². The van der Waals surface area contributed by atoms with Crippen molar-refractivity contribution in [2.45, 2.75) is 38.7 Å². The molecular weight excluding hydrogens is 386 g/mol. The maximum atomic E-state index is 12.2. The van der Waals surface area contributed by atoms with Crippen molar-refractivity contribution in [1.82, 2.24) is 4.90 Å². The summed E-state index contributed by atoms with van der Waals surface area (Å²) in [6, 6.07) is 17.7. The van der Waals surface area contributed by atoms with Gasteiger partial charge >= 0.3 is 12.1 Å². The minimum absolute atomic E-state index is 0.0670. The highest BCUT2D eigenvalue weighted by molar-refractivity contribution is 5.80. The highest BCUT2D eigenvalue weighted by Gasteiger charge is 2.29. The Hall–Kier alpha value is -2.90. The highest BCUT2D eigenvalue weighted by atomic mass is 16.6. The number of aliphatic carboxylic acids is 1. The van der Waals surface area contributed by atoms with Gasteiger partial charge in [-0.15, -0.1) is 0 Å². The summed E-state index contributed by atoms with van der Waals surface area (Å²) in [6.45, 7) is 4.22. The van der Waals surface area contributed by atoms with Crippen molar-refractivity contribution in [3.63, 3.8) is 0 Å². The third kappa shape index (κ3) is 7.85. The van der Waals surface area contributed by atoms with Gasteiger partial charge in [0.1, 0.15) is 6.61 Å². The summed E-state index contributed by atoms with van der Waals surface area (Å²) in [5.41, 5.74) is 1.24. The van der Waals surface area contributed by atoms with Gasteiger partial charge in [-0.05, 0) is 25.0 Å². The monoisotopic (exact) mass is 415 g/mol. The van der Waals surface area contributed by atoms with Crippen LogP contribution in [-0.2, 0) is 32.2 Å². The van der Waals surface area contributed by atoms with Crippen molar-refractivity contribution >= 4 is 12.1 Å². The van der Waals surface area contributed by atoms with Crippen LogP contribution in [0, 0.1) is 0 Å². The normalized spacial score (nSPS) is 12.2. The Morgan fingerprint density at radius 1 is 0.967 bits per heavy atom. The van der Waals surface area contributed by atoms with Gasteiger partial charge < -0.3 is 19.3 Å². The lowest BCUT2D eigenvalue weighted by Crippen LogP contribution is -2.46. The Kier molecular flexibility index (Phi) is 8.83. The van der Waals surface area contributed by atoms with Crippen LogP contribution >= 0.6 is 0 Å². The van der Waals surface area contributed by atoms with Crippen LogP contribution in [0.4, 0.5) is 4.79 Å². The number of rotatable bonds is 11. The minimum Gasteiger partial charge on any atom is -0.480 e. The van der Waals surface area contributed by atoms with Crippen LogP contribution in [0.1, 0.15) is 25.0 Å². The second-order valence-corrected chi connectivity index (χ2v) is 7.55. The maximum absolute atomic E-state index is 12.2. The quantitative estimate of drug-likeness (QED) is 0.602. The van der Waals surface area contributed by atoms with Gasteiger partial charge in [0.15, 0.2) is 6.04 Å². The molecule has 0 aromatic heterocycles. The smallest absolute Gasteiger partial charge is 0.410 e. The zero-order valence-electron chi connectivity index (χ0n) is 17.6. The summed E-state index contributed by atoms with van der Waals surface area (Å²) < 4.78 is 16.7. The number of benzene rings is 2. The number of carbonyl (C=O) groups is 2. The average molecular weight is 415 g/mol. The average Bonchev–Trinajstić information content (AvgIpc) is 2.74. The molecule has 0 spiro atoms. The van der Waals surface area contributed by atoms with E-state index in [1.807, 2.05) is 74.5 Å². The number of carboxylic acid groups (broad SMARTS) is 1. The first kappa shape index (κ1) is 23.4. The molecule has 0 aliphatic carbocycles. The van der Waals surface area contributed by atoms with Crippen LogP contribution in [0.3, 0.4) is 0 Å². The van der Waals surface area contributed by atoms with E-state index in [4.69, 9.17) is 14.2 Å². The van der Waals surface area contributed by atoms with E-state index in [0.717, 1.165) is 16.0 Å². The number of carboxylic acids is 1. The van der Waals surface area contributed by atoms with E-state index in [9.17, 15) is 14.7 Å². The Morgan fingerprint density at radius 2 is 1.50 bits per heavy atom. The molecule has 1 amide bonds. The fourth-order valence-corrected chi connectivity index (χ4v) is 2.61. The van der Waals surface area contributed by atoms with Gasteiger partial charge in [0.25, 0.3) is 0 Å². The van der Waals surface area contributed by atoms with Crippen molar-refractivity contribution < 1.29 is 28.9 Å². The SMILES string of the molecule is CN(C(=O)OCc1ccccc1)C(COCC(C)(C)OCc1ccccc1)C(=O)O. The summed E-state index contributed by atoms with van der Waals surface area (Å²) in [5, 5.41) is 9.50. The molecule has 0 radical (unpaired) electrons. The standard InChI is InChI=1S/C23H29NO6/c1-23(2,30-15-19-12-8-5-9-13-19)17-28-16-20(21(25)26)24(3)22(27)29-14-18-10-6-4-7-11-18/h4-13,20H,14-17H2,1-3H3,(H,25,26). The molecule has 2 rings (SSSR count). The molecule has 0 aliphatic heterocycles. The Morgan fingerprint density at radius 3 is 2.03 bits per heavy atom.